The van der Waals surface area contributed by atoms with Gasteiger partial charge in [-0.3, -0.25) is 4.79 Å². The van der Waals surface area contributed by atoms with Crippen LogP contribution in [0.1, 0.15) is 28.8 Å². The van der Waals surface area contributed by atoms with E-state index in [1.807, 2.05) is 6.07 Å². The highest BCUT2D eigenvalue weighted by Gasteiger charge is 2.46. The van der Waals surface area contributed by atoms with Crippen molar-refractivity contribution in [2.75, 3.05) is 0 Å². The maximum Gasteiger partial charge on any atom is 0.221 e. The van der Waals surface area contributed by atoms with Gasteiger partial charge >= 0.3 is 0 Å². The Morgan fingerprint density at radius 2 is 1.90 bits per heavy atom. The van der Waals surface area contributed by atoms with Crippen molar-refractivity contribution in [2.24, 2.45) is 5.92 Å². The number of fused-ring (bicyclic) bond motifs is 1. The van der Waals surface area contributed by atoms with Gasteiger partial charge in [-0.05, 0) is 17.0 Å². The summed E-state index contributed by atoms with van der Waals surface area (Å²) in [6.45, 7) is 0. The Balaban J connectivity index is 1.71. The minimum atomic E-state index is -0.0106. The molecule has 1 aromatic heterocycles. The summed E-state index contributed by atoms with van der Waals surface area (Å²) >= 11 is 1.74. The van der Waals surface area contributed by atoms with Gasteiger partial charge in [0, 0.05) is 23.1 Å². The molecule has 2 aromatic rings. The fourth-order valence-corrected chi connectivity index (χ4v) is 4.37. The van der Waals surface area contributed by atoms with E-state index in [1.165, 1.54) is 10.4 Å². The van der Waals surface area contributed by atoms with Crippen LogP contribution in [-0.4, -0.2) is 12.1 Å². The van der Waals surface area contributed by atoms with Crippen LogP contribution >= 0.6 is 11.3 Å². The van der Waals surface area contributed by atoms with Crippen LogP contribution in [0.3, 0.4) is 0 Å². The van der Waals surface area contributed by atoms with Crippen molar-refractivity contribution < 1.29 is 4.79 Å². The highest BCUT2D eigenvalue weighted by atomic mass is 32.1. The number of nitrogens with one attached hydrogen (secondary N) is 3. The van der Waals surface area contributed by atoms with E-state index in [0.29, 0.717) is 12.3 Å². The zero-order valence-electron chi connectivity index (χ0n) is 11.5. The number of hydrogen-bond donors (Lipinski definition) is 3. The van der Waals surface area contributed by atoms with Gasteiger partial charge in [0.15, 0.2) is 0 Å². The third kappa shape index (κ3) is 2.27. The molecule has 2 fully saturated rings. The average Bonchev–Trinajstić information content (AvgIpc) is 3.16. The highest BCUT2D eigenvalue weighted by Crippen LogP contribution is 2.44. The molecule has 0 saturated carbocycles. The van der Waals surface area contributed by atoms with Crippen molar-refractivity contribution in [3.05, 3.63) is 58.3 Å². The van der Waals surface area contributed by atoms with Gasteiger partial charge in [-0.2, -0.15) is 0 Å². The molecule has 2 aliphatic heterocycles. The topological polar surface area (TPSA) is 53.2 Å². The van der Waals surface area contributed by atoms with Crippen LogP contribution in [0, 0.1) is 5.92 Å². The van der Waals surface area contributed by atoms with Crippen molar-refractivity contribution in [3.63, 3.8) is 0 Å². The van der Waals surface area contributed by atoms with Crippen LogP contribution < -0.4 is 16.2 Å². The van der Waals surface area contributed by atoms with Gasteiger partial charge in [-0.1, -0.05) is 36.4 Å². The standard InChI is InChI=1S/C16H17N3OS/c20-13-9-11(12-7-4-8-21-12)14-15(18-19-16(14)17-13)10-5-2-1-3-6-10/h1-8,11,14-16,18-19H,9H2,(H,17,20). The molecule has 5 heteroatoms. The van der Waals surface area contributed by atoms with Gasteiger partial charge in [-0.25, -0.2) is 10.9 Å². The molecule has 4 unspecified atom stereocenters. The summed E-state index contributed by atoms with van der Waals surface area (Å²) in [4.78, 5) is 13.3. The quantitative estimate of drug-likeness (QED) is 0.796. The fraction of sp³-hybridized carbons (Fsp3) is 0.312. The van der Waals surface area contributed by atoms with Gasteiger partial charge in [-0.15, -0.1) is 11.3 Å². The predicted molar refractivity (Wildman–Crippen MR) is 82.6 cm³/mol. The maximum absolute atomic E-state index is 12.0. The van der Waals surface area contributed by atoms with E-state index in [-0.39, 0.29) is 24.0 Å². The molecule has 0 aliphatic carbocycles. The van der Waals surface area contributed by atoms with Crippen LogP contribution in [-0.2, 0) is 4.79 Å². The van der Waals surface area contributed by atoms with Crippen molar-refractivity contribution in [1.29, 1.82) is 0 Å². The molecule has 2 aliphatic rings. The van der Waals surface area contributed by atoms with Gasteiger partial charge in [0.1, 0.15) is 0 Å². The van der Waals surface area contributed by atoms with Crippen LogP contribution in [0.5, 0.6) is 0 Å². The molecular formula is C16H17N3OS. The number of thiophene rings is 1. The molecule has 1 aromatic carbocycles. The molecule has 4 atom stereocenters. The van der Waals surface area contributed by atoms with E-state index in [0.717, 1.165) is 0 Å². The first kappa shape index (κ1) is 13.0. The molecule has 0 bridgehead atoms. The number of piperidine rings is 1. The molecular weight excluding hydrogens is 282 g/mol. The minimum absolute atomic E-state index is 0.0106. The molecule has 0 radical (unpaired) electrons. The van der Waals surface area contributed by atoms with Gasteiger partial charge < -0.3 is 5.32 Å². The van der Waals surface area contributed by atoms with Crippen LogP contribution in [0.15, 0.2) is 47.8 Å². The van der Waals surface area contributed by atoms with E-state index in [1.54, 1.807) is 11.3 Å². The lowest BCUT2D eigenvalue weighted by Crippen LogP contribution is -2.52. The number of hydrazine groups is 1. The van der Waals surface area contributed by atoms with Crippen molar-refractivity contribution in [1.82, 2.24) is 16.2 Å². The van der Waals surface area contributed by atoms with Gasteiger partial charge in [0.2, 0.25) is 5.91 Å². The molecule has 3 heterocycles. The Kier molecular flexibility index (Phi) is 3.25. The van der Waals surface area contributed by atoms with E-state index in [9.17, 15) is 4.79 Å². The molecule has 4 nitrogen and oxygen atoms in total. The third-order valence-corrected chi connectivity index (χ3v) is 5.42. The summed E-state index contributed by atoms with van der Waals surface area (Å²) in [5.41, 5.74) is 7.88. The Morgan fingerprint density at radius 3 is 2.67 bits per heavy atom. The van der Waals surface area contributed by atoms with Gasteiger partial charge in [0.25, 0.3) is 0 Å². The van der Waals surface area contributed by atoms with E-state index in [4.69, 9.17) is 0 Å². The first-order chi connectivity index (χ1) is 10.3. The minimum Gasteiger partial charge on any atom is -0.339 e. The van der Waals surface area contributed by atoms with Crippen molar-refractivity contribution in [2.45, 2.75) is 24.5 Å². The molecule has 3 N–H and O–H groups in total. The second-order valence-corrected chi connectivity index (χ2v) is 6.60. The first-order valence-corrected chi connectivity index (χ1v) is 8.09. The molecule has 4 rings (SSSR count). The number of amides is 1. The Labute approximate surface area is 127 Å². The van der Waals surface area contributed by atoms with E-state index in [2.05, 4.69) is 57.9 Å². The summed E-state index contributed by atoms with van der Waals surface area (Å²) in [7, 11) is 0. The SMILES string of the molecule is O=C1CC(c2cccs2)C2C(NNC2c2ccccc2)N1. The molecule has 108 valence electrons. The normalized spacial score (nSPS) is 31.7. The Morgan fingerprint density at radius 1 is 1.05 bits per heavy atom. The van der Waals surface area contributed by atoms with Crippen molar-refractivity contribution in [3.8, 4) is 0 Å². The van der Waals surface area contributed by atoms with Crippen molar-refractivity contribution >= 4 is 17.2 Å². The summed E-state index contributed by atoms with van der Waals surface area (Å²) in [6.07, 6.45) is 0.553. The number of carbonyl (C=O) groups is 1. The second kappa shape index (κ2) is 5.26. The fourth-order valence-electron chi connectivity index (χ4n) is 3.49. The van der Waals surface area contributed by atoms with Crippen LogP contribution in [0.4, 0.5) is 0 Å². The average molecular weight is 299 g/mol. The lowest BCUT2D eigenvalue weighted by Gasteiger charge is -2.35. The number of benzene rings is 1. The number of hydrogen-bond acceptors (Lipinski definition) is 4. The van der Waals surface area contributed by atoms with E-state index < -0.39 is 0 Å². The van der Waals surface area contributed by atoms with Gasteiger partial charge in [0.05, 0.1) is 12.2 Å². The molecule has 21 heavy (non-hydrogen) atoms. The predicted octanol–water partition coefficient (Wildman–Crippen LogP) is 2.14. The lowest BCUT2D eigenvalue weighted by molar-refractivity contribution is -0.125. The van der Waals surface area contributed by atoms with Crippen LogP contribution in [0.2, 0.25) is 0 Å². The highest BCUT2D eigenvalue weighted by molar-refractivity contribution is 7.10. The smallest absolute Gasteiger partial charge is 0.221 e. The summed E-state index contributed by atoms with van der Waals surface area (Å²) < 4.78 is 0. The largest absolute Gasteiger partial charge is 0.339 e. The summed E-state index contributed by atoms with van der Waals surface area (Å²) in [5.74, 6) is 0.706. The Bertz CT molecular complexity index is 628. The maximum atomic E-state index is 12.0. The first-order valence-electron chi connectivity index (χ1n) is 7.22. The lowest BCUT2D eigenvalue weighted by atomic mass is 9.77. The molecule has 1 amide bonds. The van der Waals surface area contributed by atoms with E-state index >= 15 is 0 Å². The molecule has 2 saturated heterocycles. The number of carbonyl (C=O) groups excluding carboxylic acids is 1. The second-order valence-electron chi connectivity index (χ2n) is 5.63. The third-order valence-electron chi connectivity index (χ3n) is 4.42. The number of rotatable bonds is 2. The summed E-state index contributed by atoms with van der Waals surface area (Å²) in [6, 6.07) is 14.9. The monoisotopic (exact) mass is 299 g/mol. The molecule has 0 spiro atoms. The Hall–Kier alpha value is -1.69. The summed E-state index contributed by atoms with van der Waals surface area (Å²) in [5, 5.41) is 5.15. The van der Waals surface area contributed by atoms with Crippen LogP contribution in [0.25, 0.3) is 0 Å². The zero-order valence-corrected chi connectivity index (χ0v) is 12.3. The zero-order chi connectivity index (χ0) is 14.2.